The highest BCUT2D eigenvalue weighted by atomic mass is 16.5. The summed E-state index contributed by atoms with van der Waals surface area (Å²) in [7, 11) is 3.33. The van der Waals surface area contributed by atoms with E-state index in [1.807, 2.05) is 36.5 Å². The van der Waals surface area contributed by atoms with Crippen LogP contribution in [0, 0.1) is 0 Å². The summed E-state index contributed by atoms with van der Waals surface area (Å²) in [5.41, 5.74) is 2.93. The average molecular weight is 326 g/mol. The third kappa shape index (κ3) is 3.86. The smallest absolute Gasteiger partial charge is 0.129 e. The summed E-state index contributed by atoms with van der Waals surface area (Å²) in [5.74, 6) is 1.60. The van der Waals surface area contributed by atoms with Crippen molar-refractivity contribution in [3.8, 4) is 11.5 Å². The van der Waals surface area contributed by atoms with Crippen molar-refractivity contribution < 1.29 is 14.2 Å². The van der Waals surface area contributed by atoms with Crippen molar-refractivity contribution in [1.82, 2.24) is 0 Å². The zero-order chi connectivity index (χ0) is 16.8. The standard InChI is InChI=1S/C19H22N2O3/c1-22-18-5-3-4-16(12-18)20-14-15-6-7-17(13-19(15)23-2)21-8-10-24-11-9-21/h3-7,12-14H,8-11H2,1-2H3. The largest absolute Gasteiger partial charge is 0.497 e. The third-order valence-corrected chi connectivity index (χ3v) is 4.00. The molecule has 0 aromatic heterocycles. The van der Waals surface area contributed by atoms with Crippen molar-refractivity contribution in [2.24, 2.45) is 4.99 Å². The molecule has 0 saturated carbocycles. The van der Waals surface area contributed by atoms with E-state index in [0.717, 1.165) is 54.7 Å². The first-order valence-electron chi connectivity index (χ1n) is 7.99. The molecule has 24 heavy (non-hydrogen) atoms. The topological polar surface area (TPSA) is 43.3 Å². The summed E-state index contributed by atoms with van der Waals surface area (Å²) in [4.78, 5) is 6.82. The van der Waals surface area contributed by atoms with E-state index in [-0.39, 0.29) is 0 Å². The summed E-state index contributed by atoms with van der Waals surface area (Å²) < 4.78 is 16.2. The lowest BCUT2D eigenvalue weighted by Crippen LogP contribution is -2.36. The van der Waals surface area contributed by atoms with Crippen LogP contribution in [0.2, 0.25) is 0 Å². The molecule has 3 rings (SSSR count). The molecule has 5 heteroatoms. The molecule has 2 aromatic carbocycles. The van der Waals surface area contributed by atoms with Crippen LogP contribution in [0.3, 0.4) is 0 Å². The normalized spacial score (nSPS) is 14.8. The molecular formula is C19H22N2O3. The molecule has 2 aromatic rings. The maximum Gasteiger partial charge on any atom is 0.129 e. The Balaban J connectivity index is 1.80. The minimum atomic E-state index is 0.765. The van der Waals surface area contributed by atoms with Crippen molar-refractivity contribution in [3.05, 3.63) is 48.0 Å². The van der Waals surface area contributed by atoms with Gasteiger partial charge < -0.3 is 19.1 Å². The van der Waals surface area contributed by atoms with Gasteiger partial charge in [-0.15, -0.1) is 0 Å². The first-order chi connectivity index (χ1) is 11.8. The van der Waals surface area contributed by atoms with E-state index in [0.29, 0.717) is 0 Å². The zero-order valence-corrected chi connectivity index (χ0v) is 14.1. The SMILES string of the molecule is COc1cccc(N=Cc2ccc(N3CCOCC3)cc2OC)c1. The zero-order valence-electron chi connectivity index (χ0n) is 14.1. The maximum absolute atomic E-state index is 5.54. The lowest BCUT2D eigenvalue weighted by atomic mass is 10.1. The molecule has 1 aliphatic heterocycles. The van der Waals surface area contributed by atoms with Gasteiger partial charge in [0, 0.05) is 42.7 Å². The molecule has 1 aliphatic rings. The van der Waals surface area contributed by atoms with Crippen molar-refractivity contribution in [3.63, 3.8) is 0 Å². The fourth-order valence-corrected chi connectivity index (χ4v) is 2.66. The third-order valence-electron chi connectivity index (χ3n) is 4.00. The molecule has 0 unspecified atom stereocenters. The quantitative estimate of drug-likeness (QED) is 0.791. The predicted molar refractivity (Wildman–Crippen MR) is 96.3 cm³/mol. The van der Waals surface area contributed by atoms with Crippen molar-refractivity contribution in [2.45, 2.75) is 0 Å². The number of hydrogen-bond donors (Lipinski definition) is 0. The predicted octanol–water partition coefficient (Wildman–Crippen LogP) is 3.29. The van der Waals surface area contributed by atoms with Gasteiger partial charge >= 0.3 is 0 Å². The number of methoxy groups -OCH3 is 2. The van der Waals surface area contributed by atoms with Crippen LogP contribution >= 0.6 is 0 Å². The molecule has 0 atom stereocenters. The van der Waals surface area contributed by atoms with Gasteiger partial charge in [-0.25, -0.2) is 0 Å². The number of nitrogens with zero attached hydrogens (tertiary/aromatic N) is 2. The van der Waals surface area contributed by atoms with Crippen LogP contribution in [-0.2, 0) is 4.74 Å². The van der Waals surface area contributed by atoms with Crippen LogP contribution in [0.25, 0.3) is 0 Å². The number of benzene rings is 2. The monoisotopic (exact) mass is 326 g/mol. The lowest BCUT2D eigenvalue weighted by molar-refractivity contribution is 0.122. The maximum atomic E-state index is 5.54. The number of hydrogen-bond acceptors (Lipinski definition) is 5. The summed E-state index contributed by atoms with van der Waals surface area (Å²) in [6.07, 6.45) is 1.82. The first kappa shape index (κ1) is 16.3. The number of morpholine rings is 1. The Hall–Kier alpha value is -2.53. The minimum absolute atomic E-state index is 0.765. The van der Waals surface area contributed by atoms with Crippen molar-refractivity contribution in [2.75, 3.05) is 45.4 Å². The van der Waals surface area contributed by atoms with Crippen molar-refractivity contribution in [1.29, 1.82) is 0 Å². The Morgan fingerprint density at radius 3 is 2.62 bits per heavy atom. The number of rotatable bonds is 5. The van der Waals surface area contributed by atoms with Crippen LogP contribution in [-0.4, -0.2) is 46.7 Å². The van der Waals surface area contributed by atoms with Gasteiger partial charge in [0.05, 0.1) is 33.1 Å². The Labute approximate surface area is 142 Å². The van der Waals surface area contributed by atoms with Crippen LogP contribution in [0.1, 0.15) is 5.56 Å². The second-order valence-electron chi connectivity index (χ2n) is 5.49. The summed E-state index contributed by atoms with van der Waals surface area (Å²) >= 11 is 0. The van der Waals surface area contributed by atoms with Gasteiger partial charge in [-0.3, -0.25) is 4.99 Å². The number of aliphatic imine (C=N–C) groups is 1. The molecule has 5 nitrogen and oxygen atoms in total. The Morgan fingerprint density at radius 2 is 1.88 bits per heavy atom. The van der Waals surface area contributed by atoms with Gasteiger partial charge in [-0.05, 0) is 24.3 Å². The number of ether oxygens (including phenoxy) is 3. The molecule has 1 saturated heterocycles. The van der Waals surface area contributed by atoms with Gasteiger partial charge in [-0.2, -0.15) is 0 Å². The lowest BCUT2D eigenvalue weighted by Gasteiger charge is -2.29. The van der Waals surface area contributed by atoms with E-state index in [4.69, 9.17) is 14.2 Å². The van der Waals surface area contributed by atoms with Gasteiger partial charge in [0.25, 0.3) is 0 Å². The van der Waals surface area contributed by atoms with Gasteiger partial charge in [0.2, 0.25) is 0 Å². The van der Waals surface area contributed by atoms with E-state index in [1.165, 1.54) is 0 Å². The molecule has 1 fully saturated rings. The summed E-state index contributed by atoms with van der Waals surface area (Å²) in [6, 6.07) is 13.8. The second kappa shape index (κ2) is 7.84. The highest BCUT2D eigenvalue weighted by molar-refractivity contribution is 5.86. The van der Waals surface area contributed by atoms with Crippen LogP contribution in [0.5, 0.6) is 11.5 Å². The van der Waals surface area contributed by atoms with E-state index in [9.17, 15) is 0 Å². The van der Waals surface area contributed by atoms with Gasteiger partial charge in [-0.1, -0.05) is 6.07 Å². The molecule has 1 heterocycles. The molecule has 0 N–H and O–H groups in total. The molecular weight excluding hydrogens is 304 g/mol. The highest BCUT2D eigenvalue weighted by Gasteiger charge is 2.13. The Kier molecular flexibility index (Phi) is 5.33. The second-order valence-corrected chi connectivity index (χ2v) is 5.49. The molecule has 0 amide bonds. The van der Waals surface area contributed by atoms with Crippen LogP contribution in [0.15, 0.2) is 47.5 Å². The van der Waals surface area contributed by atoms with Gasteiger partial charge in [0.1, 0.15) is 11.5 Å². The Bertz CT molecular complexity index is 710. The summed E-state index contributed by atoms with van der Waals surface area (Å²) in [6.45, 7) is 3.34. The Morgan fingerprint density at radius 1 is 1.04 bits per heavy atom. The minimum Gasteiger partial charge on any atom is -0.497 e. The van der Waals surface area contributed by atoms with E-state index < -0.39 is 0 Å². The van der Waals surface area contributed by atoms with Crippen molar-refractivity contribution >= 4 is 17.6 Å². The highest BCUT2D eigenvalue weighted by Crippen LogP contribution is 2.26. The van der Waals surface area contributed by atoms with Crippen LogP contribution < -0.4 is 14.4 Å². The van der Waals surface area contributed by atoms with E-state index in [2.05, 4.69) is 22.0 Å². The average Bonchev–Trinajstić information content (AvgIpc) is 2.67. The number of anilines is 1. The van der Waals surface area contributed by atoms with E-state index >= 15 is 0 Å². The molecule has 0 bridgehead atoms. The molecule has 126 valence electrons. The summed E-state index contributed by atoms with van der Waals surface area (Å²) in [5, 5.41) is 0. The molecule has 0 aliphatic carbocycles. The first-order valence-corrected chi connectivity index (χ1v) is 7.99. The fourth-order valence-electron chi connectivity index (χ4n) is 2.66. The van der Waals surface area contributed by atoms with Gasteiger partial charge in [0.15, 0.2) is 0 Å². The molecule has 0 spiro atoms. The van der Waals surface area contributed by atoms with E-state index in [1.54, 1.807) is 14.2 Å². The fraction of sp³-hybridized carbons (Fsp3) is 0.316. The van der Waals surface area contributed by atoms with Crippen LogP contribution in [0.4, 0.5) is 11.4 Å². The molecule has 0 radical (unpaired) electrons.